The molecule has 0 amide bonds. The van der Waals surface area contributed by atoms with Crippen molar-refractivity contribution in [2.75, 3.05) is 9.88 Å². The predicted molar refractivity (Wildman–Crippen MR) is 119 cm³/mol. The molecular formula is C24H28N2Si. The van der Waals surface area contributed by atoms with Crippen LogP contribution in [0.3, 0.4) is 0 Å². The Labute approximate surface area is 163 Å². The Morgan fingerprint density at radius 3 is 2.15 bits per heavy atom. The number of nitrogens with one attached hydrogen (secondary N) is 1. The third kappa shape index (κ3) is 2.52. The number of para-hydroxylation sites is 4. The second-order valence-electron chi connectivity index (χ2n) is 8.90. The Balaban J connectivity index is 1.65. The van der Waals surface area contributed by atoms with Crippen molar-refractivity contribution in [1.29, 1.82) is 0 Å². The summed E-state index contributed by atoms with van der Waals surface area (Å²) in [5.74, 6) is 2.15. The molecular weight excluding hydrogens is 344 g/mol. The van der Waals surface area contributed by atoms with Gasteiger partial charge in [-0.15, -0.1) is 0 Å². The van der Waals surface area contributed by atoms with E-state index in [1.54, 1.807) is 0 Å². The highest BCUT2D eigenvalue weighted by molar-refractivity contribution is 6.84. The molecule has 2 aliphatic carbocycles. The summed E-state index contributed by atoms with van der Waals surface area (Å²) >= 11 is 0. The lowest BCUT2D eigenvalue weighted by atomic mass is 9.92. The molecule has 2 aromatic carbocycles. The van der Waals surface area contributed by atoms with Gasteiger partial charge in [-0.1, -0.05) is 68.6 Å². The lowest BCUT2D eigenvalue weighted by molar-refractivity contribution is 0.541. The molecule has 1 aliphatic heterocycles. The molecule has 0 saturated heterocycles. The van der Waals surface area contributed by atoms with Gasteiger partial charge < -0.3 is 9.88 Å². The summed E-state index contributed by atoms with van der Waals surface area (Å²) in [6, 6.07) is 17.6. The lowest BCUT2D eigenvalue weighted by Crippen LogP contribution is -2.53. The van der Waals surface area contributed by atoms with Gasteiger partial charge in [0.05, 0.1) is 22.7 Å². The zero-order valence-electron chi connectivity index (χ0n) is 16.4. The van der Waals surface area contributed by atoms with Crippen molar-refractivity contribution in [2.24, 2.45) is 17.8 Å². The molecule has 0 spiro atoms. The average molecular weight is 373 g/mol. The van der Waals surface area contributed by atoms with Crippen molar-refractivity contribution < 1.29 is 0 Å². The van der Waals surface area contributed by atoms with E-state index in [0.29, 0.717) is 5.92 Å². The van der Waals surface area contributed by atoms with Crippen LogP contribution in [0.2, 0.25) is 18.6 Å². The Morgan fingerprint density at radius 2 is 1.48 bits per heavy atom. The van der Waals surface area contributed by atoms with E-state index in [2.05, 4.69) is 103 Å². The van der Waals surface area contributed by atoms with Gasteiger partial charge in [-0.3, -0.25) is 0 Å². The van der Waals surface area contributed by atoms with Gasteiger partial charge >= 0.3 is 0 Å². The summed E-state index contributed by atoms with van der Waals surface area (Å²) < 4.78 is 2.74. The maximum atomic E-state index is 3.66. The fraction of sp³-hybridized carbons (Fsp3) is 0.333. The van der Waals surface area contributed by atoms with Gasteiger partial charge in [0.25, 0.3) is 0 Å². The number of hydrogen-bond acceptors (Lipinski definition) is 2. The van der Waals surface area contributed by atoms with Crippen LogP contribution in [0, 0.1) is 17.8 Å². The van der Waals surface area contributed by atoms with Crippen molar-refractivity contribution in [3.05, 3.63) is 72.8 Å². The summed E-state index contributed by atoms with van der Waals surface area (Å²) in [6.45, 7) is 7.66. The first kappa shape index (κ1) is 16.9. The van der Waals surface area contributed by atoms with Crippen molar-refractivity contribution in [2.45, 2.75) is 32.0 Å². The summed E-state index contributed by atoms with van der Waals surface area (Å²) in [5, 5.41) is 3.66. The molecule has 3 aliphatic rings. The second kappa shape index (κ2) is 6.13. The molecule has 1 saturated carbocycles. The van der Waals surface area contributed by atoms with E-state index in [4.69, 9.17) is 0 Å². The van der Waals surface area contributed by atoms with Crippen LogP contribution in [-0.4, -0.2) is 8.24 Å². The number of rotatable bonds is 2. The Morgan fingerprint density at radius 1 is 0.889 bits per heavy atom. The third-order valence-electron chi connectivity index (χ3n) is 6.92. The topological polar surface area (TPSA) is 15.3 Å². The molecule has 4 unspecified atom stereocenters. The van der Waals surface area contributed by atoms with Crippen molar-refractivity contribution in [3.63, 3.8) is 0 Å². The molecule has 2 nitrogen and oxygen atoms in total. The summed E-state index contributed by atoms with van der Waals surface area (Å²) in [5.41, 5.74) is 5.90. The number of anilines is 4. The molecule has 1 heterocycles. The minimum absolute atomic E-state index is 0.681. The molecule has 1 fully saturated rings. The van der Waals surface area contributed by atoms with Crippen LogP contribution in [-0.2, 0) is 0 Å². The average Bonchev–Trinajstić information content (AvgIpc) is 3.02. The quantitative estimate of drug-likeness (QED) is 0.580. The van der Waals surface area contributed by atoms with Crippen molar-refractivity contribution in [3.8, 4) is 0 Å². The predicted octanol–water partition coefficient (Wildman–Crippen LogP) is 6.86. The smallest absolute Gasteiger partial charge is 0.160 e. The van der Waals surface area contributed by atoms with E-state index < -0.39 is 8.24 Å². The van der Waals surface area contributed by atoms with Gasteiger partial charge in [0.2, 0.25) is 0 Å². The number of allylic oxidation sites excluding steroid dienone is 4. The summed E-state index contributed by atoms with van der Waals surface area (Å²) in [7, 11) is -1.84. The van der Waals surface area contributed by atoms with Crippen LogP contribution in [0.4, 0.5) is 22.7 Å². The summed E-state index contributed by atoms with van der Waals surface area (Å²) in [6.07, 6.45) is 10.8. The first-order valence-electron chi connectivity index (χ1n) is 10.2. The summed E-state index contributed by atoms with van der Waals surface area (Å²) in [4.78, 5) is 0. The maximum absolute atomic E-state index is 3.66. The maximum Gasteiger partial charge on any atom is 0.160 e. The Kier molecular flexibility index (Phi) is 3.83. The molecule has 2 aromatic rings. The van der Waals surface area contributed by atoms with E-state index in [0.717, 1.165) is 17.4 Å². The third-order valence-corrected chi connectivity index (χ3v) is 11.1. The van der Waals surface area contributed by atoms with Crippen molar-refractivity contribution in [1.82, 2.24) is 0 Å². The molecule has 0 bridgehead atoms. The fourth-order valence-corrected chi connectivity index (χ4v) is 10.8. The molecule has 138 valence electrons. The van der Waals surface area contributed by atoms with Crippen LogP contribution in [0.15, 0.2) is 72.8 Å². The number of benzene rings is 2. The van der Waals surface area contributed by atoms with E-state index in [1.807, 2.05) is 0 Å². The van der Waals surface area contributed by atoms with Crippen molar-refractivity contribution >= 4 is 31.0 Å². The van der Waals surface area contributed by atoms with Gasteiger partial charge in [-0.05, 0) is 54.0 Å². The molecule has 3 heteroatoms. The van der Waals surface area contributed by atoms with Crippen LogP contribution in [0.1, 0.15) is 13.3 Å². The second-order valence-corrected chi connectivity index (χ2v) is 13.3. The number of hydrogen-bond donors (Lipinski definition) is 1. The fourth-order valence-electron chi connectivity index (χ4n) is 6.01. The van der Waals surface area contributed by atoms with Gasteiger partial charge in [0, 0.05) is 0 Å². The first-order chi connectivity index (χ1) is 13.1. The van der Waals surface area contributed by atoms with Gasteiger partial charge in [-0.2, -0.15) is 0 Å². The van der Waals surface area contributed by atoms with Crippen LogP contribution < -0.4 is 9.88 Å². The Hall–Kier alpha value is -2.26. The van der Waals surface area contributed by atoms with Gasteiger partial charge in [-0.25, -0.2) is 0 Å². The lowest BCUT2D eigenvalue weighted by Gasteiger charge is -2.49. The van der Waals surface area contributed by atoms with Crippen LogP contribution in [0.25, 0.3) is 0 Å². The van der Waals surface area contributed by atoms with E-state index in [9.17, 15) is 0 Å². The zero-order chi connectivity index (χ0) is 18.6. The number of fused-ring (bicyclic) bond motifs is 3. The highest BCUT2D eigenvalue weighted by Crippen LogP contribution is 2.57. The van der Waals surface area contributed by atoms with Crippen LogP contribution >= 0.6 is 0 Å². The molecule has 27 heavy (non-hydrogen) atoms. The molecule has 5 rings (SSSR count). The monoisotopic (exact) mass is 372 g/mol. The highest BCUT2D eigenvalue weighted by Gasteiger charge is 2.52. The standard InChI is InChI=1S/C24H28N2Si/c1-17-16-18-10-4-5-11-19(18)24(17)27(2,3)26-22-14-8-6-12-20(22)25-21-13-7-9-15-23(21)26/h4-15,17-19,24-25H,16H2,1-3H3. The highest BCUT2D eigenvalue weighted by atomic mass is 28.3. The molecule has 0 aromatic heterocycles. The first-order valence-corrected chi connectivity index (χ1v) is 13.2. The SMILES string of the molecule is CC1CC2C=CC=CC2C1[Si](C)(C)N1c2ccccc2Nc2ccccc21. The minimum Gasteiger partial charge on any atom is -0.366 e. The minimum atomic E-state index is -1.84. The van der Waals surface area contributed by atoms with E-state index in [-0.39, 0.29) is 0 Å². The van der Waals surface area contributed by atoms with Gasteiger partial charge in [0.1, 0.15) is 0 Å². The number of nitrogens with zero attached hydrogens (tertiary/aromatic N) is 1. The largest absolute Gasteiger partial charge is 0.366 e. The van der Waals surface area contributed by atoms with E-state index in [1.165, 1.54) is 29.2 Å². The molecule has 1 N–H and O–H groups in total. The zero-order valence-corrected chi connectivity index (χ0v) is 17.4. The Bertz CT molecular complexity index is 884. The molecule has 4 atom stereocenters. The van der Waals surface area contributed by atoms with E-state index >= 15 is 0 Å². The van der Waals surface area contributed by atoms with Gasteiger partial charge in [0.15, 0.2) is 8.24 Å². The molecule has 0 radical (unpaired) electrons. The van der Waals surface area contributed by atoms with Crippen LogP contribution in [0.5, 0.6) is 0 Å². The normalized spacial score (nSPS) is 28.3.